The minimum Gasteiger partial charge on any atom is -0.493 e. The van der Waals surface area contributed by atoms with Gasteiger partial charge in [0.25, 0.3) is 0 Å². The molecule has 0 aliphatic rings. The zero-order valence-corrected chi connectivity index (χ0v) is 18.8. The van der Waals surface area contributed by atoms with Gasteiger partial charge < -0.3 is 14.2 Å². The van der Waals surface area contributed by atoms with Crippen molar-refractivity contribution in [3.63, 3.8) is 0 Å². The van der Waals surface area contributed by atoms with Crippen molar-refractivity contribution in [2.45, 2.75) is 25.3 Å². The molecule has 152 valence electrons. The molecule has 0 fully saturated rings. The molecule has 0 atom stereocenters. The molecule has 0 aliphatic carbocycles. The summed E-state index contributed by atoms with van der Waals surface area (Å²) in [4.78, 5) is 0.0853. The molecule has 29 heavy (non-hydrogen) atoms. The molecule has 3 aromatic carbocycles. The number of hydrogen-bond acceptors (Lipinski definition) is 5. The van der Waals surface area contributed by atoms with Crippen LogP contribution in [0.4, 0.5) is 5.69 Å². The first-order valence-corrected chi connectivity index (χ1v) is 11.2. The molecule has 0 amide bonds. The van der Waals surface area contributed by atoms with E-state index >= 15 is 0 Å². The number of anilines is 1. The minimum absolute atomic E-state index is 0.0853. The number of methoxy groups -OCH3 is 1. The molecule has 0 aliphatic heterocycles. The normalized spacial score (nSPS) is 11.2. The summed E-state index contributed by atoms with van der Waals surface area (Å²) in [6.45, 7) is 4.47. The van der Waals surface area contributed by atoms with E-state index in [2.05, 4.69) is 21.2 Å². The standard InChI is InChI=1S/C22H22BrNO4S/c1-15-4-8-18(9-5-15)24-14-17-12-20(23)22(21(13-17)27-3)28-29(25,26)19-10-6-16(2)7-11-19/h4-13,24H,14H2,1-3H3. The third-order valence-corrected chi connectivity index (χ3v) is 6.16. The number of ether oxygens (including phenoxy) is 1. The molecule has 7 heteroatoms. The smallest absolute Gasteiger partial charge is 0.339 e. The van der Waals surface area contributed by atoms with E-state index in [9.17, 15) is 8.42 Å². The van der Waals surface area contributed by atoms with Crippen molar-refractivity contribution in [3.05, 3.63) is 81.8 Å². The lowest BCUT2D eigenvalue weighted by Gasteiger charge is -2.15. The van der Waals surface area contributed by atoms with Crippen LogP contribution in [-0.4, -0.2) is 15.5 Å². The van der Waals surface area contributed by atoms with Gasteiger partial charge in [-0.1, -0.05) is 35.4 Å². The molecule has 1 N–H and O–H groups in total. The van der Waals surface area contributed by atoms with E-state index in [-0.39, 0.29) is 10.6 Å². The van der Waals surface area contributed by atoms with Crippen molar-refractivity contribution < 1.29 is 17.3 Å². The predicted octanol–water partition coefficient (Wildman–Crippen LogP) is 5.45. The summed E-state index contributed by atoms with van der Waals surface area (Å²) in [5, 5.41) is 3.33. The number of rotatable bonds is 7. The van der Waals surface area contributed by atoms with Crippen LogP contribution in [0.25, 0.3) is 0 Å². The Kier molecular flexibility index (Phi) is 6.49. The first-order valence-electron chi connectivity index (χ1n) is 8.96. The fraction of sp³-hybridized carbons (Fsp3) is 0.182. The first kappa shape index (κ1) is 21.2. The van der Waals surface area contributed by atoms with Gasteiger partial charge in [0.15, 0.2) is 11.5 Å². The Bertz CT molecular complexity index is 1090. The van der Waals surface area contributed by atoms with Crippen LogP contribution >= 0.6 is 15.9 Å². The number of halogens is 1. The lowest BCUT2D eigenvalue weighted by Crippen LogP contribution is -2.11. The summed E-state index contributed by atoms with van der Waals surface area (Å²) in [6.07, 6.45) is 0. The summed E-state index contributed by atoms with van der Waals surface area (Å²) >= 11 is 3.41. The molecular weight excluding hydrogens is 454 g/mol. The van der Waals surface area contributed by atoms with E-state index in [1.54, 1.807) is 18.2 Å². The molecule has 3 rings (SSSR count). The second kappa shape index (κ2) is 8.88. The topological polar surface area (TPSA) is 64.6 Å². The van der Waals surface area contributed by atoms with E-state index in [0.717, 1.165) is 16.8 Å². The number of benzene rings is 3. The Labute approximate surface area is 179 Å². The van der Waals surface area contributed by atoms with Gasteiger partial charge in [-0.15, -0.1) is 0 Å². The quantitative estimate of drug-likeness (QED) is 0.459. The van der Waals surface area contributed by atoms with E-state index in [0.29, 0.717) is 16.8 Å². The minimum atomic E-state index is -3.98. The van der Waals surface area contributed by atoms with Crippen LogP contribution in [0.3, 0.4) is 0 Å². The van der Waals surface area contributed by atoms with E-state index in [4.69, 9.17) is 8.92 Å². The van der Waals surface area contributed by atoms with Gasteiger partial charge in [0.1, 0.15) is 4.90 Å². The molecule has 0 radical (unpaired) electrons. The molecule has 0 bridgehead atoms. The maximum absolute atomic E-state index is 12.6. The molecule has 0 saturated carbocycles. The second-order valence-electron chi connectivity index (χ2n) is 6.68. The lowest BCUT2D eigenvalue weighted by molar-refractivity contribution is 0.389. The average molecular weight is 476 g/mol. The van der Waals surface area contributed by atoms with Gasteiger partial charge in [0, 0.05) is 12.2 Å². The highest BCUT2D eigenvalue weighted by Crippen LogP contribution is 2.38. The van der Waals surface area contributed by atoms with Gasteiger partial charge in [-0.05, 0) is 71.7 Å². The van der Waals surface area contributed by atoms with Gasteiger partial charge in [-0.25, -0.2) is 0 Å². The van der Waals surface area contributed by atoms with Crippen molar-refractivity contribution in [1.29, 1.82) is 0 Å². The van der Waals surface area contributed by atoms with E-state index < -0.39 is 10.1 Å². The maximum atomic E-state index is 12.6. The van der Waals surface area contributed by atoms with Crippen LogP contribution in [0.2, 0.25) is 0 Å². The van der Waals surface area contributed by atoms with Crippen LogP contribution < -0.4 is 14.2 Å². The second-order valence-corrected chi connectivity index (χ2v) is 9.08. The van der Waals surface area contributed by atoms with Crippen molar-refractivity contribution >= 4 is 31.7 Å². The van der Waals surface area contributed by atoms with Crippen LogP contribution in [0.1, 0.15) is 16.7 Å². The first-order chi connectivity index (χ1) is 13.8. The predicted molar refractivity (Wildman–Crippen MR) is 118 cm³/mol. The van der Waals surface area contributed by atoms with Gasteiger partial charge in [-0.3, -0.25) is 0 Å². The zero-order chi connectivity index (χ0) is 21.0. The molecule has 0 unspecified atom stereocenters. The lowest BCUT2D eigenvalue weighted by atomic mass is 10.2. The molecule has 3 aromatic rings. The fourth-order valence-electron chi connectivity index (χ4n) is 2.69. The Morgan fingerprint density at radius 2 is 1.52 bits per heavy atom. The molecule has 0 aromatic heterocycles. The number of nitrogens with one attached hydrogen (secondary N) is 1. The van der Waals surface area contributed by atoms with Crippen LogP contribution in [0.15, 0.2) is 70.0 Å². The number of hydrogen-bond donors (Lipinski definition) is 1. The van der Waals surface area contributed by atoms with Gasteiger partial charge in [0.05, 0.1) is 11.6 Å². The maximum Gasteiger partial charge on any atom is 0.339 e. The van der Waals surface area contributed by atoms with Crippen molar-refractivity contribution in [1.82, 2.24) is 0 Å². The summed E-state index contributed by atoms with van der Waals surface area (Å²) in [5.41, 5.74) is 4.06. The SMILES string of the molecule is COc1cc(CNc2ccc(C)cc2)cc(Br)c1OS(=O)(=O)c1ccc(C)cc1. The summed E-state index contributed by atoms with van der Waals surface area (Å²) in [6, 6.07) is 18.1. The molecule has 0 saturated heterocycles. The summed E-state index contributed by atoms with van der Waals surface area (Å²) in [7, 11) is -2.51. The Morgan fingerprint density at radius 3 is 2.10 bits per heavy atom. The Balaban J connectivity index is 1.82. The van der Waals surface area contributed by atoms with Crippen LogP contribution in [0.5, 0.6) is 11.5 Å². The summed E-state index contributed by atoms with van der Waals surface area (Å²) in [5.74, 6) is 0.447. The average Bonchev–Trinajstić information content (AvgIpc) is 2.69. The van der Waals surface area contributed by atoms with Crippen LogP contribution in [0, 0.1) is 13.8 Å². The highest BCUT2D eigenvalue weighted by molar-refractivity contribution is 9.10. The Hall–Kier alpha value is -2.51. The molecule has 0 heterocycles. The molecule has 0 spiro atoms. The highest BCUT2D eigenvalue weighted by Gasteiger charge is 2.22. The zero-order valence-electron chi connectivity index (χ0n) is 16.4. The third-order valence-electron chi connectivity index (χ3n) is 4.34. The largest absolute Gasteiger partial charge is 0.493 e. The van der Waals surface area contributed by atoms with Crippen molar-refractivity contribution in [2.75, 3.05) is 12.4 Å². The highest BCUT2D eigenvalue weighted by atomic mass is 79.9. The molecular formula is C22H22BrNO4S. The number of aryl methyl sites for hydroxylation is 2. The van der Waals surface area contributed by atoms with Gasteiger partial charge in [-0.2, -0.15) is 8.42 Å². The van der Waals surface area contributed by atoms with Gasteiger partial charge in [0.2, 0.25) is 0 Å². The fourth-order valence-corrected chi connectivity index (χ4v) is 4.33. The van der Waals surface area contributed by atoms with Crippen molar-refractivity contribution in [2.24, 2.45) is 0 Å². The third kappa shape index (κ3) is 5.31. The monoisotopic (exact) mass is 475 g/mol. The van der Waals surface area contributed by atoms with E-state index in [1.807, 2.05) is 44.2 Å². The summed E-state index contributed by atoms with van der Waals surface area (Å²) < 4.78 is 36.6. The van der Waals surface area contributed by atoms with E-state index in [1.165, 1.54) is 24.8 Å². The molecule has 5 nitrogen and oxygen atoms in total. The van der Waals surface area contributed by atoms with Crippen molar-refractivity contribution in [3.8, 4) is 11.5 Å². The Morgan fingerprint density at radius 1 is 0.931 bits per heavy atom. The van der Waals surface area contributed by atoms with Gasteiger partial charge >= 0.3 is 10.1 Å². The van der Waals surface area contributed by atoms with Crippen LogP contribution in [-0.2, 0) is 16.7 Å².